The molecule has 12 heavy (non-hydrogen) atoms. The van der Waals surface area contributed by atoms with Crippen molar-refractivity contribution in [3.05, 3.63) is 24.0 Å². The molecule has 0 spiro atoms. The van der Waals surface area contributed by atoms with Gasteiger partial charge in [0.1, 0.15) is 0 Å². The van der Waals surface area contributed by atoms with Crippen LogP contribution in [0, 0.1) is 5.92 Å². The van der Waals surface area contributed by atoms with Crippen LogP contribution in [-0.4, -0.2) is 4.57 Å². The van der Waals surface area contributed by atoms with Gasteiger partial charge in [-0.05, 0) is 18.1 Å². The molecule has 1 aromatic heterocycles. The van der Waals surface area contributed by atoms with E-state index in [2.05, 4.69) is 24.5 Å². The molecule has 1 rings (SSSR count). The minimum absolute atomic E-state index is 0.176. The Morgan fingerprint density at radius 3 is 2.67 bits per heavy atom. The molecule has 2 heteroatoms. The molecule has 0 saturated heterocycles. The zero-order valence-corrected chi connectivity index (χ0v) is 8.12. The molecule has 0 amide bonds. The van der Waals surface area contributed by atoms with Crippen molar-refractivity contribution < 1.29 is 0 Å². The Kier molecular flexibility index (Phi) is 2.93. The molecule has 2 nitrogen and oxygen atoms in total. The molecule has 0 bridgehead atoms. The highest BCUT2D eigenvalue weighted by molar-refractivity contribution is 5.11. The Bertz CT molecular complexity index is 240. The van der Waals surface area contributed by atoms with Crippen molar-refractivity contribution in [1.82, 2.24) is 4.57 Å². The Labute approximate surface area is 74.4 Å². The van der Waals surface area contributed by atoms with E-state index in [1.165, 1.54) is 5.69 Å². The predicted molar refractivity (Wildman–Crippen MR) is 51.8 cm³/mol. The summed E-state index contributed by atoms with van der Waals surface area (Å²) in [7, 11) is 2.04. The van der Waals surface area contributed by atoms with E-state index in [1.807, 2.05) is 19.3 Å². The highest BCUT2D eigenvalue weighted by atomic mass is 15.0. The minimum atomic E-state index is 0.176. The molecule has 0 aliphatic rings. The average Bonchev–Trinajstić information content (AvgIpc) is 2.48. The Hall–Kier alpha value is -0.760. The molecule has 0 fully saturated rings. The topological polar surface area (TPSA) is 30.9 Å². The standard InChI is InChI=1S/C10H18N2/c1-4-8(2)10(11)9-6-5-7-12(9)3/h5-8,10H,4,11H2,1-3H3/t8?,10-/m0/s1. The summed E-state index contributed by atoms with van der Waals surface area (Å²) in [6, 6.07) is 4.31. The molecule has 1 heterocycles. The molecule has 0 saturated carbocycles. The molecule has 0 aliphatic heterocycles. The molecule has 1 unspecified atom stereocenters. The second-order valence-electron chi connectivity index (χ2n) is 3.46. The van der Waals surface area contributed by atoms with E-state index in [0.29, 0.717) is 5.92 Å². The summed E-state index contributed by atoms with van der Waals surface area (Å²) >= 11 is 0. The van der Waals surface area contributed by atoms with Crippen LogP contribution in [0.3, 0.4) is 0 Å². The van der Waals surface area contributed by atoms with Crippen LogP contribution in [0.25, 0.3) is 0 Å². The van der Waals surface area contributed by atoms with Gasteiger partial charge in [0.25, 0.3) is 0 Å². The lowest BCUT2D eigenvalue weighted by molar-refractivity contribution is 0.439. The van der Waals surface area contributed by atoms with Crippen LogP contribution in [0.15, 0.2) is 18.3 Å². The first-order valence-electron chi connectivity index (χ1n) is 4.53. The summed E-state index contributed by atoms with van der Waals surface area (Å²) in [6.07, 6.45) is 3.17. The van der Waals surface area contributed by atoms with Gasteiger partial charge in [-0.2, -0.15) is 0 Å². The zero-order valence-electron chi connectivity index (χ0n) is 8.12. The van der Waals surface area contributed by atoms with E-state index in [9.17, 15) is 0 Å². The maximum absolute atomic E-state index is 6.07. The zero-order chi connectivity index (χ0) is 9.14. The van der Waals surface area contributed by atoms with E-state index in [4.69, 9.17) is 5.73 Å². The lowest BCUT2D eigenvalue weighted by Gasteiger charge is -2.18. The van der Waals surface area contributed by atoms with Crippen LogP contribution in [-0.2, 0) is 7.05 Å². The van der Waals surface area contributed by atoms with Crippen molar-refractivity contribution in [1.29, 1.82) is 0 Å². The predicted octanol–water partition coefficient (Wildman–Crippen LogP) is 2.07. The van der Waals surface area contributed by atoms with Gasteiger partial charge in [0.05, 0.1) is 0 Å². The van der Waals surface area contributed by atoms with Gasteiger partial charge >= 0.3 is 0 Å². The van der Waals surface area contributed by atoms with E-state index in [-0.39, 0.29) is 6.04 Å². The van der Waals surface area contributed by atoms with Crippen LogP contribution >= 0.6 is 0 Å². The van der Waals surface area contributed by atoms with Crippen molar-refractivity contribution in [2.24, 2.45) is 18.7 Å². The van der Waals surface area contributed by atoms with E-state index >= 15 is 0 Å². The fourth-order valence-electron chi connectivity index (χ4n) is 1.37. The second-order valence-corrected chi connectivity index (χ2v) is 3.46. The maximum atomic E-state index is 6.07. The molecular formula is C10H18N2. The minimum Gasteiger partial charge on any atom is -0.353 e. The van der Waals surface area contributed by atoms with Crippen LogP contribution < -0.4 is 5.73 Å². The molecule has 68 valence electrons. The third-order valence-corrected chi connectivity index (χ3v) is 2.58. The van der Waals surface area contributed by atoms with E-state index in [0.717, 1.165) is 6.42 Å². The van der Waals surface area contributed by atoms with Crippen LogP contribution in [0.2, 0.25) is 0 Å². The molecule has 0 aromatic carbocycles. The van der Waals surface area contributed by atoms with Gasteiger partial charge in [-0.15, -0.1) is 0 Å². The lowest BCUT2D eigenvalue weighted by atomic mass is 9.97. The molecular weight excluding hydrogens is 148 g/mol. The number of hydrogen-bond donors (Lipinski definition) is 1. The molecule has 1 aromatic rings. The normalized spacial score (nSPS) is 16.0. The van der Waals surface area contributed by atoms with Crippen molar-refractivity contribution in [3.8, 4) is 0 Å². The third-order valence-electron chi connectivity index (χ3n) is 2.58. The van der Waals surface area contributed by atoms with Crippen LogP contribution in [0.4, 0.5) is 0 Å². The highest BCUT2D eigenvalue weighted by Gasteiger charge is 2.14. The van der Waals surface area contributed by atoms with E-state index in [1.54, 1.807) is 0 Å². The molecule has 0 aliphatic carbocycles. The number of nitrogens with two attached hydrogens (primary N) is 1. The van der Waals surface area contributed by atoms with Crippen LogP contribution in [0.1, 0.15) is 32.0 Å². The first-order valence-corrected chi connectivity index (χ1v) is 4.53. The second kappa shape index (κ2) is 3.76. The van der Waals surface area contributed by atoms with Crippen molar-refractivity contribution in [3.63, 3.8) is 0 Å². The summed E-state index contributed by atoms with van der Waals surface area (Å²) in [5.41, 5.74) is 7.30. The molecule has 2 N–H and O–H groups in total. The SMILES string of the molecule is CCC(C)[C@H](N)c1cccn1C. The van der Waals surface area contributed by atoms with Gasteiger partial charge in [0.2, 0.25) is 0 Å². The van der Waals surface area contributed by atoms with Crippen molar-refractivity contribution in [2.45, 2.75) is 26.3 Å². The average molecular weight is 166 g/mol. The first kappa shape index (κ1) is 9.33. The number of aryl methyl sites for hydroxylation is 1. The van der Waals surface area contributed by atoms with Crippen molar-refractivity contribution >= 4 is 0 Å². The van der Waals surface area contributed by atoms with Gasteiger partial charge in [-0.3, -0.25) is 0 Å². The first-order chi connectivity index (χ1) is 5.66. The number of nitrogens with zero attached hydrogens (tertiary/aromatic N) is 1. The monoisotopic (exact) mass is 166 g/mol. The fourth-order valence-corrected chi connectivity index (χ4v) is 1.37. The van der Waals surface area contributed by atoms with Gasteiger partial charge in [0.15, 0.2) is 0 Å². The van der Waals surface area contributed by atoms with E-state index < -0.39 is 0 Å². The van der Waals surface area contributed by atoms with Crippen LogP contribution in [0.5, 0.6) is 0 Å². The Morgan fingerprint density at radius 2 is 2.25 bits per heavy atom. The maximum Gasteiger partial charge on any atom is 0.0475 e. The summed E-state index contributed by atoms with van der Waals surface area (Å²) < 4.78 is 2.09. The highest BCUT2D eigenvalue weighted by Crippen LogP contribution is 2.21. The summed E-state index contributed by atoms with van der Waals surface area (Å²) in [4.78, 5) is 0. The summed E-state index contributed by atoms with van der Waals surface area (Å²) in [5.74, 6) is 0.554. The van der Waals surface area contributed by atoms with Gasteiger partial charge in [-0.1, -0.05) is 20.3 Å². The number of hydrogen-bond acceptors (Lipinski definition) is 1. The smallest absolute Gasteiger partial charge is 0.0475 e. The molecule has 0 radical (unpaired) electrons. The lowest BCUT2D eigenvalue weighted by Crippen LogP contribution is -2.20. The van der Waals surface area contributed by atoms with Gasteiger partial charge in [-0.25, -0.2) is 0 Å². The van der Waals surface area contributed by atoms with Gasteiger partial charge < -0.3 is 10.3 Å². The molecule has 2 atom stereocenters. The number of aromatic nitrogens is 1. The largest absolute Gasteiger partial charge is 0.353 e. The summed E-state index contributed by atoms with van der Waals surface area (Å²) in [6.45, 7) is 4.37. The van der Waals surface area contributed by atoms with Crippen molar-refractivity contribution in [2.75, 3.05) is 0 Å². The number of rotatable bonds is 3. The third kappa shape index (κ3) is 1.69. The fraction of sp³-hybridized carbons (Fsp3) is 0.600. The Balaban J connectivity index is 2.77. The van der Waals surface area contributed by atoms with Gasteiger partial charge in [0, 0.05) is 25.0 Å². The quantitative estimate of drug-likeness (QED) is 0.732. The Morgan fingerprint density at radius 1 is 1.58 bits per heavy atom. The summed E-state index contributed by atoms with van der Waals surface area (Å²) in [5, 5.41) is 0.